The van der Waals surface area contributed by atoms with E-state index < -0.39 is 16.8 Å². The van der Waals surface area contributed by atoms with Crippen LogP contribution in [0, 0.1) is 0 Å². The van der Waals surface area contributed by atoms with Gasteiger partial charge in [0.25, 0.3) is 0 Å². The van der Waals surface area contributed by atoms with Crippen LogP contribution in [-0.2, 0) is 17.3 Å². The lowest BCUT2D eigenvalue weighted by molar-refractivity contribution is 0.0697. The Hall–Kier alpha value is -1.76. The third kappa shape index (κ3) is 2.56. The van der Waals surface area contributed by atoms with Crippen molar-refractivity contribution in [1.82, 2.24) is 15.0 Å². The van der Waals surface area contributed by atoms with Gasteiger partial charge in [0, 0.05) is 22.3 Å². The number of rotatable bonds is 5. The molecule has 2 rings (SSSR count). The summed E-state index contributed by atoms with van der Waals surface area (Å²) in [7, 11) is -0.874. The number of carboxylic acids is 1. The van der Waals surface area contributed by atoms with Crippen LogP contribution in [0.25, 0.3) is 11.0 Å². The number of hydrogen-bond donors (Lipinski definition) is 1. The van der Waals surface area contributed by atoms with E-state index in [-0.39, 0.29) is 5.56 Å². The van der Waals surface area contributed by atoms with Gasteiger partial charge in [0.1, 0.15) is 5.52 Å². The van der Waals surface area contributed by atoms with Crippen LogP contribution in [0.5, 0.6) is 0 Å². The average molecular weight is 267 g/mol. The van der Waals surface area contributed by atoms with Crippen molar-refractivity contribution in [2.45, 2.75) is 13.5 Å². The molecule has 0 radical (unpaired) electrons. The summed E-state index contributed by atoms with van der Waals surface area (Å²) in [5.41, 5.74) is 1.49. The van der Waals surface area contributed by atoms with Crippen LogP contribution in [0.1, 0.15) is 17.3 Å². The summed E-state index contributed by atoms with van der Waals surface area (Å²) in [5.74, 6) is 0.112. The summed E-state index contributed by atoms with van der Waals surface area (Å²) >= 11 is 0. The summed E-state index contributed by atoms with van der Waals surface area (Å²) in [6, 6.07) is 4.65. The van der Waals surface area contributed by atoms with Crippen LogP contribution in [0.4, 0.5) is 0 Å². The molecule has 18 heavy (non-hydrogen) atoms. The van der Waals surface area contributed by atoms with E-state index in [9.17, 15) is 9.00 Å². The van der Waals surface area contributed by atoms with Gasteiger partial charge in [0.2, 0.25) is 0 Å². The Morgan fingerprint density at radius 1 is 1.50 bits per heavy atom. The van der Waals surface area contributed by atoms with Crippen LogP contribution >= 0.6 is 0 Å². The monoisotopic (exact) mass is 267 g/mol. The highest BCUT2D eigenvalue weighted by molar-refractivity contribution is 7.84. The van der Waals surface area contributed by atoms with Crippen molar-refractivity contribution in [1.29, 1.82) is 0 Å². The smallest absolute Gasteiger partial charge is 0.335 e. The molecule has 0 aliphatic heterocycles. The molecule has 2 aromatic rings. The zero-order valence-corrected chi connectivity index (χ0v) is 10.7. The number of hydrogen-bond acceptors (Lipinski definition) is 4. The van der Waals surface area contributed by atoms with E-state index in [1.54, 1.807) is 10.7 Å². The third-order valence-corrected chi connectivity index (χ3v) is 3.90. The van der Waals surface area contributed by atoms with Crippen molar-refractivity contribution in [2.75, 3.05) is 11.5 Å². The van der Waals surface area contributed by atoms with Gasteiger partial charge in [-0.15, -0.1) is 5.10 Å². The van der Waals surface area contributed by atoms with E-state index in [0.29, 0.717) is 29.1 Å². The van der Waals surface area contributed by atoms with Crippen molar-refractivity contribution in [3.8, 4) is 0 Å². The SMILES string of the molecule is CCS(=O)CCn1nnc2ccc(C(=O)O)cc21. The second kappa shape index (κ2) is 5.26. The first-order valence-electron chi connectivity index (χ1n) is 5.53. The molecule has 1 aromatic heterocycles. The fourth-order valence-electron chi connectivity index (χ4n) is 1.60. The van der Waals surface area contributed by atoms with E-state index in [4.69, 9.17) is 5.11 Å². The minimum atomic E-state index is -0.984. The summed E-state index contributed by atoms with van der Waals surface area (Å²) in [6.45, 7) is 2.33. The normalized spacial score (nSPS) is 12.7. The molecule has 96 valence electrons. The lowest BCUT2D eigenvalue weighted by Crippen LogP contribution is -2.10. The van der Waals surface area contributed by atoms with Crippen molar-refractivity contribution in [3.63, 3.8) is 0 Å². The first kappa shape index (κ1) is 12.7. The lowest BCUT2D eigenvalue weighted by atomic mass is 10.2. The maximum atomic E-state index is 11.4. The first-order chi connectivity index (χ1) is 8.61. The van der Waals surface area contributed by atoms with Crippen molar-refractivity contribution in [2.24, 2.45) is 0 Å². The minimum Gasteiger partial charge on any atom is -0.478 e. The van der Waals surface area contributed by atoms with Crippen LogP contribution in [0.3, 0.4) is 0 Å². The van der Waals surface area contributed by atoms with Gasteiger partial charge in [-0.2, -0.15) is 0 Å². The Bertz CT molecular complexity index is 609. The van der Waals surface area contributed by atoms with Gasteiger partial charge in [-0.05, 0) is 18.2 Å². The first-order valence-corrected chi connectivity index (χ1v) is 7.02. The quantitative estimate of drug-likeness (QED) is 0.870. The van der Waals surface area contributed by atoms with Crippen LogP contribution in [0.2, 0.25) is 0 Å². The topological polar surface area (TPSA) is 85.1 Å². The van der Waals surface area contributed by atoms with Gasteiger partial charge in [0.15, 0.2) is 0 Å². The van der Waals surface area contributed by atoms with E-state index >= 15 is 0 Å². The number of carboxylic acid groups (broad SMARTS) is 1. The Balaban J connectivity index is 2.30. The van der Waals surface area contributed by atoms with Crippen molar-refractivity contribution >= 4 is 27.8 Å². The number of aryl methyl sites for hydroxylation is 1. The third-order valence-electron chi connectivity index (χ3n) is 2.61. The highest BCUT2D eigenvalue weighted by Crippen LogP contribution is 2.13. The Morgan fingerprint density at radius 2 is 2.28 bits per heavy atom. The van der Waals surface area contributed by atoms with Crippen molar-refractivity contribution < 1.29 is 14.1 Å². The molecule has 1 aromatic carbocycles. The van der Waals surface area contributed by atoms with Gasteiger partial charge < -0.3 is 5.11 Å². The van der Waals surface area contributed by atoms with E-state index in [1.165, 1.54) is 12.1 Å². The van der Waals surface area contributed by atoms with Crippen LogP contribution in [-0.4, -0.2) is 41.8 Å². The number of aromatic carboxylic acids is 1. The standard InChI is InChI=1S/C11H13N3O3S/c1-2-18(17)6-5-14-10-7-8(11(15)16)3-4-9(10)12-13-14/h3-4,7H,2,5-6H2,1H3,(H,15,16). The Labute approximate surface area is 106 Å². The number of benzene rings is 1. The van der Waals surface area contributed by atoms with Crippen LogP contribution < -0.4 is 0 Å². The number of aromatic nitrogens is 3. The van der Waals surface area contributed by atoms with Crippen molar-refractivity contribution in [3.05, 3.63) is 23.8 Å². The van der Waals surface area contributed by atoms with Gasteiger partial charge in [0.05, 0.1) is 17.6 Å². The van der Waals surface area contributed by atoms with Gasteiger partial charge in [-0.25, -0.2) is 9.48 Å². The average Bonchev–Trinajstić information content (AvgIpc) is 2.78. The molecule has 0 amide bonds. The zero-order valence-electron chi connectivity index (χ0n) is 9.87. The molecule has 1 atom stereocenters. The minimum absolute atomic E-state index is 0.197. The fourth-order valence-corrected chi connectivity index (χ4v) is 2.26. The maximum absolute atomic E-state index is 11.4. The van der Waals surface area contributed by atoms with Gasteiger partial charge >= 0.3 is 5.97 Å². The highest BCUT2D eigenvalue weighted by atomic mass is 32.2. The molecule has 0 spiro atoms. The number of fused-ring (bicyclic) bond motifs is 1. The molecule has 1 unspecified atom stereocenters. The number of nitrogens with zero attached hydrogens (tertiary/aromatic N) is 3. The molecule has 1 heterocycles. The molecular weight excluding hydrogens is 254 g/mol. The second-order valence-electron chi connectivity index (χ2n) is 3.75. The summed E-state index contributed by atoms with van der Waals surface area (Å²) in [5, 5.41) is 16.8. The molecule has 0 fully saturated rings. The molecule has 0 bridgehead atoms. The lowest BCUT2D eigenvalue weighted by Gasteiger charge is -2.02. The molecule has 6 nitrogen and oxygen atoms in total. The molecule has 0 saturated heterocycles. The molecule has 7 heteroatoms. The molecule has 0 aliphatic carbocycles. The Morgan fingerprint density at radius 3 is 2.94 bits per heavy atom. The predicted molar refractivity (Wildman–Crippen MR) is 68.0 cm³/mol. The maximum Gasteiger partial charge on any atom is 0.335 e. The van der Waals surface area contributed by atoms with E-state index in [1.807, 2.05) is 6.92 Å². The molecule has 1 N–H and O–H groups in total. The zero-order chi connectivity index (χ0) is 13.1. The summed E-state index contributed by atoms with van der Waals surface area (Å²) < 4.78 is 13.0. The highest BCUT2D eigenvalue weighted by Gasteiger charge is 2.09. The van der Waals surface area contributed by atoms with E-state index in [0.717, 1.165) is 0 Å². The number of carbonyl (C=O) groups is 1. The summed E-state index contributed by atoms with van der Waals surface area (Å²) in [4.78, 5) is 10.9. The van der Waals surface area contributed by atoms with Crippen LogP contribution in [0.15, 0.2) is 18.2 Å². The van der Waals surface area contributed by atoms with E-state index in [2.05, 4.69) is 10.3 Å². The molecule has 0 aliphatic rings. The second-order valence-corrected chi connectivity index (χ2v) is 5.62. The van der Waals surface area contributed by atoms with Gasteiger partial charge in [-0.3, -0.25) is 4.21 Å². The summed E-state index contributed by atoms with van der Waals surface area (Å²) in [6.07, 6.45) is 0. The van der Waals surface area contributed by atoms with Gasteiger partial charge in [-0.1, -0.05) is 12.1 Å². The Kier molecular flexibility index (Phi) is 3.71. The predicted octanol–water partition coefficient (Wildman–Crippen LogP) is 0.898. The molecule has 0 saturated carbocycles. The fraction of sp³-hybridized carbons (Fsp3) is 0.364. The molecular formula is C11H13N3O3S. The largest absolute Gasteiger partial charge is 0.478 e.